The number of hydrogen-bond acceptors (Lipinski definition) is 2. The van der Waals surface area contributed by atoms with Crippen molar-refractivity contribution in [1.29, 1.82) is 0 Å². The fourth-order valence-corrected chi connectivity index (χ4v) is 1.48. The van der Waals surface area contributed by atoms with E-state index < -0.39 is 12.2 Å². The topological polar surface area (TPSA) is 40.5 Å². The Bertz CT molecular complexity index is 297. The van der Waals surface area contributed by atoms with Gasteiger partial charge in [0.25, 0.3) is 0 Å². The van der Waals surface area contributed by atoms with Crippen LogP contribution < -0.4 is 0 Å². The van der Waals surface area contributed by atoms with Crippen LogP contribution >= 0.6 is 11.6 Å². The van der Waals surface area contributed by atoms with Gasteiger partial charge in [0.1, 0.15) is 6.10 Å². The zero-order valence-corrected chi connectivity index (χ0v) is 8.42. The lowest BCUT2D eigenvalue weighted by molar-refractivity contribution is 0.0306. The van der Waals surface area contributed by atoms with Crippen LogP contribution in [-0.2, 0) is 0 Å². The van der Waals surface area contributed by atoms with E-state index in [2.05, 4.69) is 0 Å². The lowest BCUT2D eigenvalue weighted by Gasteiger charge is -2.15. The van der Waals surface area contributed by atoms with Gasteiger partial charge in [0.2, 0.25) is 0 Å². The number of aliphatic hydroxyl groups is 2. The number of benzene rings is 1. The molecule has 0 amide bonds. The Morgan fingerprint density at radius 2 is 1.92 bits per heavy atom. The van der Waals surface area contributed by atoms with Crippen molar-refractivity contribution in [2.24, 2.45) is 0 Å². The van der Waals surface area contributed by atoms with Crippen LogP contribution in [0.2, 0.25) is 5.02 Å². The molecule has 0 aromatic heterocycles. The molecule has 1 aromatic rings. The highest BCUT2D eigenvalue weighted by Crippen LogP contribution is 2.25. The Labute approximate surface area is 82.8 Å². The summed E-state index contributed by atoms with van der Waals surface area (Å²) in [6.07, 6.45) is -1.71. The third kappa shape index (κ3) is 2.44. The SMILES string of the molecule is Cc1ccc(C(O)C(C)O)c(Cl)c1. The van der Waals surface area contributed by atoms with Crippen LogP contribution in [0.15, 0.2) is 18.2 Å². The van der Waals surface area contributed by atoms with E-state index in [1.54, 1.807) is 12.1 Å². The largest absolute Gasteiger partial charge is 0.390 e. The van der Waals surface area contributed by atoms with E-state index in [4.69, 9.17) is 16.7 Å². The molecule has 0 heterocycles. The highest BCUT2D eigenvalue weighted by molar-refractivity contribution is 6.31. The van der Waals surface area contributed by atoms with Gasteiger partial charge in [-0.05, 0) is 25.5 Å². The average molecular weight is 201 g/mol. The summed E-state index contributed by atoms with van der Waals surface area (Å²) in [6.45, 7) is 3.45. The van der Waals surface area contributed by atoms with Crippen LogP contribution in [0, 0.1) is 6.92 Å². The molecule has 0 saturated heterocycles. The van der Waals surface area contributed by atoms with Crippen LogP contribution in [0.4, 0.5) is 0 Å². The van der Waals surface area contributed by atoms with Crippen LogP contribution in [-0.4, -0.2) is 16.3 Å². The number of hydrogen-bond donors (Lipinski definition) is 2. The van der Waals surface area contributed by atoms with Gasteiger partial charge in [-0.3, -0.25) is 0 Å². The fraction of sp³-hybridized carbons (Fsp3) is 0.400. The molecule has 72 valence electrons. The Kier molecular flexibility index (Phi) is 3.31. The van der Waals surface area contributed by atoms with Crippen molar-refractivity contribution in [3.8, 4) is 0 Å². The fourth-order valence-electron chi connectivity index (χ4n) is 1.13. The minimum Gasteiger partial charge on any atom is -0.390 e. The maximum absolute atomic E-state index is 9.54. The lowest BCUT2D eigenvalue weighted by Crippen LogP contribution is -2.14. The summed E-state index contributed by atoms with van der Waals surface area (Å²) in [5.74, 6) is 0. The highest BCUT2D eigenvalue weighted by Gasteiger charge is 2.16. The summed E-state index contributed by atoms with van der Waals surface area (Å²) in [7, 11) is 0. The van der Waals surface area contributed by atoms with Gasteiger partial charge in [0, 0.05) is 10.6 Å². The van der Waals surface area contributed by atoms with E-state index >= 15 is 0 Å². The molecule has 0 aliphatic heterocycles. The Morgan fingerprint density at radius 3 is 2.38 bits per heavy atom. The molecule has 0 saturated carbocycles. The average Bonchev–Trinajstić information content (AvgIpc) is 2.03. The Hall–Kier alpha value is -0.570. The van der Waals surface area contributed by atoms with E-state index in [0.717, 1.165) is 5.56 Å². The van der Waals surface area contributed by atoms with Crippen LogP contribution in [0.25, 0.3) is 0 Å². The van der Waals surface area contributed by atoms with Gasteiger partial charge >= 0.3 is 0 Å². The first-order chi connectivity index (χ1) is 6.02. The van der Waals surface area contributed by atoms with Crippen molar-refractivity contribution >= 4 is 11.6 Å². The predicted octanol–water partition coefficient (Wildman–Crippen LogP) is 2.06. The summed E-state index contributed by atoms with van der Waals surface area (Å²) in [5.41, 5.74) is 1.61. The minimum atomic E-state index is -0.909. The van der Waals surface area contributed by atoms with Gasteiger partial charge in [-0.2, -0.15) is 0 Å². The molecule has 2 N–H and O–H groups in total. The number of aryl methyl sites for hydroxylation is 1. The molecule has 2 atom stereocenters. The maximum atomic E-state index is 9.54. The molecule has 3 heteroatoms. The predicted molar refractivity (Wildman–Crippen MR) is 52.8 cm³/mol. The highest BCUT2D eigenvalue weighted by atomic mass is 35.5. The number of rotatable bonds is 2. The summed E-state index contributed by atoms with van der Waals surface area (Å²) in [6, 6.07) is 5.35. The second-order valence-corrected chi connectivity index (χ2v) is 3.62. The van der Waals surface area contributed by atoms with Crippen molar-refractivity contribution in [2.75, 3.05) is 0 Å². The first kappa shape index (κ1) is 10.5. The molecule has 2 nitrogen and oxygen atoms in total. The summed E-state index contributed by atoms with van der Waals surface area (Å²) in [4.78, 5) is 0. The molecule has 1 aromatic carbocycles. The molecule has 2 unspecified atom stereocenters. The molecule has 0 bridgehead atoms. The van der Waals surface area contributed by atoms with E-state index in [1.807, 2.05) is 13.0 Å². The normalized spacial score (nSPS) is 15.5. The molecular formula is C10H13ClO2. The number of halogens is 1. The van der Waals surface area contributed by atoms with Gasteiger partial charge in [0.05, 0.1) is 6.10 Å². The van der Waals surface area contributed by atoms with Crippen molar-refractivity contribution in [1.82, 2.24) is 0 Å². The van der Waals surface area contributed by atoms with Gasteiger partial charge in [-0.25, -0.2) is 0 Å². The quantitative estimate of drug-likeness (QED) is 0.768. The molecule has 0 aliphatic carbocycles. The van der Waals surface area contributed by atoms with E-state index in [9.17, 15) is 5.11 Å². The lowest BCUT2D eigenvalue weighted by atomic mass is 10.0. The molecule has 1 rings (SSSR count). The van der Waals surface area contributed by atoms with Gasteiger partial charge in [-0.15, -0.1) is 0 Å². The third-order valence-corrected chi connectivity index (χ3v) is 2.26. The maximum Gasteiger partial charge on any atom is 0.106 e. The second-order valence-electron chi connectivity index (χ2n) is 3.21. The molecule has 0 aliphatic rings. The minimum absolute atomic E-state index is 0.494. The van der Waals surface area contributed by atoms with E-state index in [0.29, 0.717) is 10.6 Å². The smallest absolute Gasteiger partial charge is 0.106 e. The monoisotopic (exact) mass is 200 g/mol. The third-order valence-electron chi connectivity index (χ3n) is 1.93. The van der Waals surface area contributed by atoms with Crippen LogP contribution in [0.1, 0.15) is 24.2 Å². The number of aliphatic hydroxyl groups excluding tert-OH is 2. The first-order valence-corrected chi connectivity index (χ1v) is 4.52. The molecule has 0 fully saturated rings. The molecule has 0 radical (unpaired) electrons. The van der Waals surface area contributed by atoms with Crippen molar-refractivity contribution < 1.29 is 10.2 Å². The summed E-state index contributed by atoms with van der Waals surface area (Å²) < 4.78 is 0. The summed E-state index contributed by atoms with van der Waals surface area (Å²) in [5, 5.41) is 19.2. The zero-order valence-electron chi connectivity index (χ0n) is 7.66. The molecule has 13 heavy (non-hydrogen) atoms. The Balaban J connectivity index is 3.01. The van der Waals surface area contributed by atoms with Gasteiger partial charge in [-0.1, -0.05) is 23.7 Å². The zero-order chi connectivity index (χ0) is 10.0. The van der Waals surface area contributed by atoms with Crippen LogP contribution in [0.5, 0.6) is 0 Å². The van der Waals surface area contributed by atoms with Crippen molar-refractivity contribution in [3.63, 3.8) is 0 Å². The van der Waals surface area contributed by atoms with Gasteiger partial charge < -0.3 is 10.2 Å². The van der Waals surface area contributed by atoms with Crippen molar-refractivity contribution in [2.45, 2.75) is 26.1 Å². The van der Waals surface area contributed by atoms with Crippen molar-refractivity contribution in [3.05, 3.63) is 34.3 Å². The molecule has 0 spiro atoms. The standard InChI is InChI=1S/C10H13ClO2/c1-6-3-4-8(9(11)5-6)10(13)7(2)12/h3-5,7,10,12-13H,1-2H3. The first-order valence-electron chi connectivity index (χ1n) is 4.14. The van der Waals surface area contributed by atoms with Crippen LogP contribution in [0.3, 0.4) is 0 Å². The van der Waals surface area contributed by atoms with E-state index in [1.165, 1.54) is 6.92 Å². The van der Waals surface area contributed by atoms with E-state index in [-0.39, 0.29) is 0 Å². The molecular weight excluding hydrogens is 188 g/mol. The van der Waals surface area contributed by atoms with Gasteiger partial charge in [0.15, 0.2) is 0 Å². The second kappa shape index (κ2) is 4.09. The summed E-state index contributed by atoms with van der Waals surface area (Å²) >= 11 is 5.90. The Morgan fingerprint density at radius 1 is 1.31 bits per heavy atom.